The summed E-state index contributed by atoms with van der Waals surface area (Å²) in [6.07, 6.45) is 0.426. The van der Waals surface area contributed by atoms with Gasteiger partial charge >= 0.3 is 0 Å². The minimum absolute atomic E-state index is 0.426. The molecule has 0 nitrogen and oxygen atoms in total. The van der Waals surface area contributed by atoms with E-state index in [2.05, 4.69) is 0 Å². The molecule has 0 N–H and O–H groups in total. The molecule has 0 fully saturated rings. The van der Waals surface area contributed by atoms with Crippen LogP contribution in [0.5, 0.6) is 0 Å². The predicted molar refractivity (Wildman–Crippen MR) is 38.5 cm³/mol. The molecular formula is C4H9Cl2FSi. The molecular weight excluding hydrogens is 166 g/mol. The van der Waals surface area contributed by atoms with Crippen molar-refractivity contribution >= 4 is 28.9 Å². The van der Waals surface area contributed by atoms with Crippen molar-refractivity contribution < 1.29 is 4.39 Å². The smallest absolute Gasteiger partial charge is 0.248 e. The van der Waals surface area contributed by atoms with Gasteiger partial charge in [-0.2, -0.15) is 0 Å². The maximum atomic E-state index is 12.4. The van der Waals surface area contributed by atoms with Gasteiger partial charge in [-0.3, -0.25) is 0 Å². The van der Waals surface area contributed by atoms with Gasteiger partial charge in [-0.1, -0.05) is 6.92 Å². The Labute approximate surface area is 59.4 Å². The molecule has 0 amide bonds. The molecule has 0 aromatic rings. The average molecular weight is 175 g/mol. The molecule has 1 unspecified atom stereocenters. The zero-order valence-electron chi connectivity index (χ0n) is 4.92. The molecule has 0 rings (SSSR count). The minimum Gasteiger partial charge on any atom is -0.248 e. The van der Waals surface area contributed by atoms with Crippen molar-refractivity contribution in [3.63, 3.8) is 0 Å². The molecule has 0 saturated carbocycles. The lowest BCUT2D eigenvalue weighted by molar-refractivity contribution is 0.424. The van der Waals surface area contributed by atoms with Crippen LogP contribution in [0.1, 0.15) is 13.3 Å². The zero-order chi connectivity index (χ0) is 6.78. The molecule has 0 aliphatic heterocycles. The Kier molecular flexibility index (Phi) is 3.31. The molecule has 50 valence electrons. The van der Waals surface area contributed by atoms with Crippen molar-refractivity contribution in [3.05, 3.63) is 0 Å². The van der Waals surface area contributed by atoms with Gasteiger partial charge in [0.25, 0.3) is 6.69 Å². The van der Waals surface area contributed by atoms with Gasteiger partial charge in [0.2, 0.25) is 0 Å². The van der Waals surface area contributed by atoms with Crippen LogP contribution in [-0.2, 0) is 0 Å². The van der Waals surface area contributed by atoms with Gasteiger partial charge in [0.15, 0.2) is 0 Å². The van der Waals surface area contributed by atoms with E-state index in [0.717, 1.165) is 0 Å². The van der Waals surface area contributed by atoms with Crippen LogP contribution in [0, 0.1) is 0 Å². The lowest BCUT2D eigenvalue weighted by Crippen LogP contribution is -2.28. The summed E-state index contributed by atoms with van der Waals surface area (Å²) in [6, 6.07) is 0. The van der Waals surface area contributed by atoms with Crippen molar-refractivity contribution in [3.8, 4) is 0 Å². The first-order chi connectivity index (χ1) is 3.48. The summed E-state index contributed by atoms with van der Waals surface area (Å²) in [5.74, 6) is -0.981. The average Bonchev–Trinajstić information content (AvgIpc) is 1.62. The van der Waals surface area contributed by atoms with Crippen molar-refractivity contribution in [1.29, 1.82) is 0 Å². The number of alkyl halides is 1. The third kappa shape index (κ3) is 2.90. The van der Waals surface area contributed by atoms with E-state index in [1.807, 2.05) is 0 Å². The highest BCUT2D eigenvalue weighted by Crippen LogP contribution is 2.23. The number of halogens is 3. The Hall–Kier alpha value is 0.727. The molecule has 0 heterocycles. The molecule has 4 heteroatoms. The first-order valence-corrected chi connectivity index (χ1v) is 7.10. The van der Waals surface area contributed by atoms with Gasteiger partial charge in [-0.05, 0) is 13.0 Å². The van der Waals surface area contributed by atoms with Crippen molar-refractivity contribution in [2.45, 2.75) is 25.7 Å². The fraction of sp³-hybridized carbons (Fsp3) is 1.00. The topological polar surface area (TPSA) is 0 Å². The lowest BCUT2D eigenvalue weighted by Gasteiger charge is -2.12. The first-order valence-electron chi connectivity index (χ1n) is 2.50. The van der Waals surface area contributed by atoms with Crippen LogP contribution in [0.3, 0.4) is 0 Å². The molecule has 0 radical (unpaired) electrons. The van der Waals surface area contributed by atoms with Gasteiger partial charge in [-0.15, -0.1) is 22.2 Å². The highest BCUT2D eigenvalue weighted by molar-refractivity contribution is 7.45. The summed E-state index contributed by atoms with van der Waals surface area (Å²) in [4.78, 5) is 0. The fourth-order valence-electron chi connectivity index (χ4n) is 0.358. The summed E-state index contributed by atoms with van der Waals surface area (Å²) in [5, 5.41) is 0. The summed E-state index contributed by atoms with van der Waals surface area (Å²) in [5.41, 5.74) is 0. The zero-order valence-corrected chi connectivity index (χ0v) is 7.43. The van der Waals surface area contributed by atoms with E-state index in [4.69, 9.17) is 22.2 Å². The molecule has 0 bridgehead atoms. The SMILES string of the molecule is CCC(F)[Si](C)(Cl)Cl. The normalized spacial score (nSPS) is 16.1. The second-order valence-electron chi connectivity index (χ2n) is 1.83. The second-order valence-corrected chi connectivity index (χ2v) is 9.66. The van der Waals surface area contributed by atoms with E-state index >= 15 is 0 Å². The molecule has 0 aromatic heterocycles. The van der Waals surface area contributed by atoms with Crippen LogP contribution >= 0.6 is 22.2 Å². The summed E-state index contributed by atoms with van der Waals surface area (Å²) in [6.45, 7) is 0.842. The molecule has 8 heavy (non-hydrogen) atoms. The van der Waals surface area contributed by atoms with Crippen LogP contribution in [0.25, 0.3) is 0 Å². The van der Waals surface area contributed by atoms with Gasteiger partial charge < -0.3 is 0 Å². The molecule has 0 aliphatic carbocycles. The minimum atomic E-state index is -2.48. The third-order valence-electron chi connectivity index (χ3n) is 0.908. The predicted octanol–water partition coefficient (Wildman–Crippen LogP) is 2.82. The summed E-state index contributed by atoms with van der Waals surface area (Å²) in [7, 11) is 0. The molecule has 0 saturated heterocycles. The number of hydrogen-bond acceptors (Lipinski definition) is 0. The van der Waals surface area contributed by atoms with Gasteiger partial charge in [0.05, 0.1) is 0 Å². The summed E-state index contributed by atoms with van der Waals surface area (Å²) >= 11 is 11.0. The molecule has 0 spiro atoms. The van der Waals surface area contributed by atoms with Gasteiger partial charge in [0.1, 0.15) is 5.79 Å². The standard InChI is InChI=1S/C4H9Cl2FSi/c1-3-4(7)8(2,5)6/h4H,3H2,1-2H3. The molecule has 0 aliphatic rings. The van der Waals surface area contributed by atoms with Crippen LogP contribution in [0.2, 0.25) is 6.55 Å². The lowest BCUT2D eigenvalue weighted by atomic mass is 10.5. The summed E-state index contributed by atoms with van der Waals surface area (Å²) < 4.78 is 12.4. The Balaban J connectivity index is 3.62. The van der Waals surface area contributed by atoms with E-state index in [1.165, 1.54) is 0 Å². The maximum Gasteiger partial charge on any atom is 0.281 e. The molecule has 1 atom stereocenters. The Morgan fingerprint density at radius 2 is 2.00 bits per heavy atom. The maximum absolute atomic E-state index is 12.4. The quantitative estimate of drug-likeness (QED) is 0.447. The Bertz CT molecular complexity index is 70.9. The van der Waals surface area contributed by atoms with E-state index in [-0.39, 0.29) is 0 Å². The fourth-order valence-corrected chi connectivity index (χ4v) is 2.00. The highest BCUT2D eigenvalue weighted by Gasteiger charge is 2.31. The third-order valence-corrected chi connectivity index (χ3v) is 3.84. The van der Waals surface area contributed by atoms with E-state index in [1.54, 1.807) is 13.5 Å². The monoisotopic (exact) mass is 174 g/mol. The highest BCUT2D eigenvalue weighted by atomic mass is 35.7. The van der Waals surface area contributed by atoms with Crippen LogP contribution in [0.4, 0.5) is 4.39 Å². The Morgan fingerprint density at radius 3 is 2.00 bits per heavy atom. The van der Waals surface area contributed by atoms with Crippen molar-refractivity contribution in [2.24, 2.45) is 0 Å². The van der Waals surface area contributed by atoms with E-state index < -0.39 is 12.5 Å². The van der Waals surface area contributed by atoms with Crippen LogP contribution < -0.4 is 0 Å². The number of hydrogen-bond donors (Lipinski definition) is 0. The molecule has 0 aromatic carbocycles. The van der Waals surface area contributed by atoms with Crippen LogP contribution in [-0.4, -0.2) is 12.5 Å². The first kappa shape index (κ1) is 8.73. The van der Waals surface area contributed by atoms with Gasteiger partial charge in [0, 0.05) is 0 Å². The Morgan fingerprint density at radius 1 is 1.62 bits per heavy atom. The van der Waals surface area contributed by atoms with Crippen molar-refractivity contribution in [1.82, 2.24) is 0 Å². The van der Waals surface area contributed by atoms with E-state index in [9.17, 15) is 4.39 Å². The largest absolute Gasteiger partial charge is 0.281 e. The second kappa shape index (κ2) is 3.04. The van der Waals surface area contributed by atoms with Crippen molar-refractivity contribution in [2.75, 3.05) is 0 Å². The van der Waals surface area contributed by atoms with Gasteiger partial charge in [-0.25, -0.2) is 4.39 Å². The number of rotatable bonds is 2. The van der Waals surface area contributed by atoms with E-state index in [0.29, 0.717) is 6.42 Å². The van der Waals surface area contributed by atoms with Crippen LogP contribution in [0.15, 0.2) is 0 Å².